The summed E-state index contributed by atoms with van der Waals surface area (Å²) in [6.45, 7) is 3.88. The molecule has 8 heteroatoms. The number of nitrogens with zero attached hydrogens (tertiary/aromatic N) is 4. The van der Waals surface area contributed by atoms with E-state index in [1.807, 2.05) is 17.0 Å². The molecule has 7 nitrogen and oxygen atoms in total. The first-order valence-corrected chi connectivity index (χ1v) is 7.94. The number of hydrogen-bond donors (Lipinski definition) is 1. The molecule has 1 fully saturated rings. The normalized spacial score (nSPS) is 16.5. The van der Waals surface area contributed by atoms with Crippen molar-refractivity contribution in [2.75, 3.05) is 26.2 Å². The summed E-state index contributed by atoms with van der Waals surface area (Å²) in [4.78, 5) is 21.6. The maximum absolute atomic E-state index is 12.5. The van der Waals surface area contributed by atoms with Gasteiger partial charge in [-0.3, -0.25) is 14.8 Å². The Morgan fingerprint density at radius 2 is 2.23 bits per heavy atom. The van der Waals surface area contributed by atoms with Gasteiger partial charge in [-0.05, 0) is 6.07 Å². The van der Waals surface area contributed by atoms with E-state index in [2.05, 4.69) is 20.1 Å². The van der Waals surface area contributed by atoms with Crippen molar-refractivity contribution in [2.24, 2.45) is 0 Å². The molecule has 1 aliphatic heterocycles. The van der Waals surface area contributed by atoms with Crippen LogP contribution in [0, 0.1) is 0 Å². The molecule has 1 aliphatic rings. The maximum atomic E-state index is 12.5. The number of thiophene rings is 1. The van der Waals surface area contributed by atoms with Gasteiger partial charge >= 0.3 is 0 Å². The molecule has 4 heterocycles. The van der Waals surface area contributed by atoms with Gasteiger partial charge in [0, 0.05) is 32.2 Å². The molecule has 0 saturated carbocycles. The van der Waals surface area contributed by atoms with E-state index in [1.54, 1.807) is 6.26 Å². The molecule has 0 aliphatic carbocycles. The summed E-state index contributed by atoms with van der Waals surface area (Å²) < 4.78 is 6.35. The van der Waals surface area contributed by atoms with Gasteiger partial charge in [0.2, 0.25) is 0 Å². The average molecular weight is 317 g/mol. The monoisotopic (exact) mass is 317 g/mol. The number of carbonyl (C=O) groups is 1. The first kappa shape index (κ1) is 13.5. The van der Waals surface area contributed by atoms with Crippen LogP contribution >= 0.6 is 11.3 Å². The minimum atomic E-state index is 0.0933. The zero-order chi connectivity index (χ0) is 14.9. The number of rotatable bonds is 3. The molecule has 0 spiro atoms. The highest BCUT2D eigenvalue weighted by molar-refractivity contribution is 7.20. The molecule has 0 radical (unpaired) electrons. The Hall–Kier alpha value is -2.19. The number of hydrogen-bond acceptors (Lipinski definition) is 6. The summed E-state index contributed by atoms with van der Waals surface area (Å²) in [5.74, 6) is 0.953. The Morgan fingerprint density at radius 3 is 2.95 bits per heavy atom. The van der Waals surface area contributed by atoms with Gasteiger partial charge in [0.1, 0.15) is 17.7 Å². The molecule has 3 aromatic heterocycles. The van der Waals surface area contributed by atoms with Crippen LogP contribution in [0.1, 0.15) is 15.5 Å². The van der Waals surface area contributed by atoms with Gasteiger partial charge in [0.05, 0.1) is 22.4 Å². The Morgan fingerprint density at radius 1 is 1.36 bits per heavy atom. The zero-order valence-electron chi connectivity index (χ0n) is 11.9. The van der Waals surface area contributed by atoms with Crippen LogP contribution in [0.4, 0.5) is 0 Å². The Bertz CT molecular complexity index is 742. The largest absolute Gasteiger partial charge is 0.463 e. The lowest BCUT2D eigenvalue weighted by Gasteiger charge is -2.33. The molecule has 22 heavy (non-hydrogen) atoms. The van der Waals surface area contributed by atoms with E-state index in [0.717, 1.165) is 53.7 Å². The molecule has 114 valence electrons. The third-order valence-corrected chi connectivity index (χ3v) is 4.92. The predicted octanol–water partition coefficient (Wildman–Crippen LogP) is 1.57. The van der Waals surface area contributed by atoms with Gasteiger partial charge in [-0.15, -0.1) is 11.3 Å². The molecular formula is C14H15N5O2S. The third-order valence-electron chi connectivity index (χ3n) is 3.85. The molecule has 4 rings (SSSR count). The lowest BCUT2D eigenvalue weighted by molar-refractivity contribution is 0.0630. The van der Waals surface area contributed by atoms with Crippen LogP contribution in [0.3, 0.4) is 0 Å². The van der Waals surface area contributed by atoms with Crippen LogP contribution in [-0.4, -0.2) is 57.1 Å². The summed E-state index contributed by atoms with van der Waals surface area (Å²) in [6.07, 6.45) is 3.17. The van der Waals surface area contributed by atoms with Gasteiger partial charge < -0.3 is 9.32 Å². The SMILES string of the molecule is O=C(c1cc2occc2s1)N1CCN(Cc2ncn[nH]2)CC1. The van der Waals surface area contributed by atoms with Gasteiger partial charge in [-0.2, -0.15) is 5.10 Å². The molecule has 0 atom stereocenters. The highest BCUT2D eigenvalue weighted by Crippen LogP contribution is 2.27. The second kappa shape index (κ2) is 5.54. The fraction of sp³-hybridized carbons (Fsp3) is 0.357. The third kappa shape index (κ3) is 2.51. The van der Waals surface area contributed by atoms with Crippen molar-refractivity contribution in [1.82, 2.24) is 25.0 Å². The summed E-state index contributed by atoms with van der Waals surface area (Å²) in [5.41, 5.74) is 0.789. The van der Waals surface area contributed by atoms with Gasteiger partial charge in [-0.25, -0.2) is 4.98 Å². The number of piperazine rings is 1. The number of furan rings is 1. The molecule has 1 N–H and O–H groups in total. The van der Waals surface area contributed by atoms with Crippen molar-refractivity contribution < 1.29 is 9.21 Å². The number of amides is 1. The lowest BCUT2D eigenvalue weighted by atomic mass is 10.3. The van der Waals surface area contributed by atoms with E-state index in [4.69, 9.17) is 4.42 Å². The number of aromatic amines is 1. The van der Waals surface area contributed by atoms with Crippen LogP contribution in [0.5, 0.6) is 0 Å². The highest BCUT2D eigenvalue weighted by atomic mass is 32.1. The van der Waals surface area contributed by atoms with Crippen LogP contribution in [-0.2, 0) is 6.54 Å². The van der Waals surface area contributed by atoms with E-state index in [9.17, 15) is 4.79 Å². The van der Waals surface area contributed by atoms with E-state index >= 15 is 0 Å². The molecule has 0 bridgehead atoms. The second-order valence-corrected chi connectivity index (χ2v) is 6.34. The molecule has 0 aromatic carbocycles. The van der Waals surface area contributed by atoms with Crippen molar-refractivity contribution in [3.63, 3.8) is 0 Å². The van der Waals surface area contributed by atoms with Crippen molar-refractivity contribution >= 4 is 27.5 Å². The predicted molar refractivity (Wildman–Crippen MR) is 81.7 cm³/mol. The first-order valence-electron chi connectivity index (χ1n) is 7.12. The highest BCUT2D eigenvalue weighted by Gasteiger charge is 2.24. The topological polar surface area (TPSA) is 78.3 Å². The van der Waals surface area contributed by atoms with E-state index < -0.39 is 0 Å². The minimum absolute atomic E-state index is 0.0933. The van der Waals surface area contributed by atoms with Crippen LogP contribution < -0.4 is 0 Å². The smallest absolute Gasteiger partial charge is 0.264 e. The van der Waals surface area contributed by atoms with Crippen LogP contribution in [0.15, 0.2) is 29.1 Å². The molecular weight excluding hydrogens is 302 g/mol. The summed E-state index contributed by atoms with van der Waals surface area (Å²) in [5, 5.41) is 6.72. The Balaban J connectivity index is 1.38. The fourth-order valence-corrected chi connectivity index (χ4v) is 3.61. The van der Waals surface area contributed by atoms with Gasteiger partial charge in [-0.1, -0.05) is 0 Å². The Kier molecular flexibility index (Phi) is 3.39. The first-order chi connectivity index (χ1) is 10.8. The summed E-state index contributed by atoms with van der Waals surface area (Å²) in [7, 11) is 0. The van der Waals surface area contributed by atoms with Crippen LogP contribution in [0.25, 0.3) is 10.3 Å². The number of H-pyrrole nitrogens is 1. The Labute approximate surface area is 130 Å². The maximum Gasteiger partial charge on any atom is 0.264 e. The van der Waals surface area contributed by atoms with E-state index in [0.29, 0.717) is 0 Å². The number of carbonyl (C=O) groups excluding carboxylic acids is 1. The zero-order valence-corrected chi connectivity index (χ0v) is 12.7. The van der Waals surface area contributed by atoms with Gasteiger partial charge in [0.25, 0.3) is 5.91 Å². The van der Waals surface area contributed by atoms with E-state index in [1.165, 1.54) is 17.7 Å². The quantitative estimate of drug-likeness (QED) is 0.793. The molecule has 3 aromatic rings. The van der Waals surface area contributed by atoms with Crippen molar-refractivity contribution in [2.45, 2.75) is 6.54 Å². The second-order valence-electron chi connectivity index (χ2n) is 5.26. The summed E-state index contributed by atoms with van der Waals surface area (Å²) in [6, 6.07) is 3.73. The molecule has 1 saturated heterocycles. The average Bonchev–Trinajstić information content (AvgIpc) is 3.24. The minimum Gasteiger partial charge on any atom is -0.463 e. The number of aromatic nitrogens is 3. The number of nitrogens with one attached hydrogen (secondary N) is 1. The van der Waals surface area contributed by atoms with Crippen molar-refractivity contribution in [3.05, 3.63) is 35.4 Å². The summed E-state index contributed by atoms with van der Waals surface area (Å²) >= 11 is 1.49. The standard InChI is InChI=1S/C14H15N5O2S/c20-14(12-7-10-11(22-12)1-6-21-10)19-4-2-18(3-5-19)8-13-15-9-16-17-13/h1,6-7,9H,2-5,8H2,(H,15,16,17). The van der Waals surface area contributed by atoms with E-state index in [-0.39, 0.29) is 5.91 Å². The van der Waals surface area contributed by atoms with Crippen molar-refractivity contribution in [3.8, 4) is 0 Å². The van der Waals surface area contributed by atoms with Gasteiger partial charge in [0.15, 0.2) is 0 Å². The molecule has 0 unspecified atom stereocenters. The lowest BCUT2D eigenvalue weighted by Crippen LogP contribution is -2.48. The fourth-order valence-electron chi connectivity index (χ4n) is 2.65. The van der Waals surface area contributed by atoms with Crippen LogP contribution in [0.2, 0.25) is 0 Å². The van der Waals surface area contributed by atoms with Crippen molar-refractivity contribution in [1.29, 1.82) is 0 Å². The molecule has 1 amide bonds. The number of fused-ring (bicyclic) bond motifs is 1.